The van der Waals surface area contributed by atoms with E-state index in [1.807, 2.05) is 12.1 Å². The first-order chi connectivity index (χ1) is 8.26. The molecule has 0 aromatic carbocycles. The highest BCUT2D eigenvalue weighted by Crippen LogP contribution is 2.36. The van der Waals surface area contributed by atoms with Crippen molar-refractivity contribution in [2.24, 2.45) is 11.8 Å². The van der Waals surface area contributed by atoms with Crippen molar-refractivity contribution in [3.05, 3.63) is 23.9 Å². The van der Waals surface area contributed by atoms with E-state index in [0.717, 1.165) is 12.0 Å². The normalized spacial score (nSPS) is 18.9. The maximum atomic E-state index is 5.84. The Bertz CT molecular complexity index is 367. The van der Waals surface area contributed by atoms with Crippen molar-refractivity contribution in [2.45, 2.75) is 31.4 Å². The summed E-state index contributed by atoms with van der Waals surface area (Å²) in [5, 5.41) is 0. The fourth-order valence-electron chi connectivity index (χ4n) is 2.24. The number of pyridine rings is 1. The number of nitrogens with zero attached hydrogens (tertiary/aromatic N) is 1. The van der Waals surface area contributed by atoms with Crippen LogP contribution in [-0.4, -0.2) is 24.2 Å². The Kier molecular flexibility index (Phi) is 3.93. The van der Waals surface area contributed by atoms with Gasteiger partial charge in [0.15, 0.2) is 0 Å². The molecule has 0 bridgehead atoms. The van der Waals surface area contributed by atoms with Gasteiger partial charge in [0.2, 0.25) is 0 Å². The van der Waals surface area contributed by atoms with Gasteiger partial charge >= 0.3 is 0 Å². The van der Waals surface area contributed by atoms with Crippen LogP contribution in [0.1, 0.15) is 18.4 Å². The van der Waals surface area contributed by atoms with Crippen LogP contribution in [0.4, 0.5) is 5.82 Å². The van der Waals surface area contributed by atoms with Crippen LogP contribution in [0.15, 0.2) is 18.3 Å². The number of hydrogen-bond donors (Lipinski definition) is 3. The Morgan fingerprint density at radius 1 is 1.59 bits per heavy atom. The largest absolute Gasteiger partial charge is 0.383 e. The zero-order chi connectivity index (χ0) is 12.3. The molecule has 2 rings (SSSR count). The van der Waals surface area contributed by atoms with Gasteiger partial charge in [-0.15, -0.1) is 0 Å². The molecule has 1 aromatic rings. The molecular weight excluding hydrogens is 216 g/mol. The number of nitrogens with two attached hydrogens (primary N) is 2. The van der Waals surface area contributed by atoms with Gasteiger partial charge in [-0.25, -0.2) is 4.98 Å². The molecule has 94 valence electrons. The van der Waals surface area contributed by atoms with Crippen molar-refractivity contribution < 1.29 is 4.74 Å². The van der Waals surface area contributed by atoms with E-state index in [1.165, 1.54) is 12.8 Å². The zero-order valence-corrected chi connectivity index (χ0v) is 10.1. The second-order valence-electron chi connectivity index (χ2n) is 4.56. The average Bonchev–Trinajstić information content (AvgIpc) is 3.15. The number of hydrazine groups is 1. The van der Waals surface area contributed by atoms with Crippen molar-refractivity contribution >= 4 is 5.82 Å². The molecule has 0 aliphatic heterocycles. The van der Waals surface area contributed by atoms with Gasteiger partial charge in [-0.05, 0) is 36.8 Å². The third-order valence-electron chi connectivity index (χ3n) is 3.34. The van der Waals surface area contributed by atoms with Gasteiger partial charge in [-0.2, -0.15) is 0 Å². The highest BCUT2D eigenvalue weighted by atomic mass is 16.5. The summed E-state index contributed by atoms with van der Waals surface area (Å²) < 4.78 is 5.54. The van der Waals surface area contributed by atoms with Crippen molar-refractivity contribution in [1.82, 2.24) is 10.4 Å². The van der Waals surface area contributed by atoms with Crippen LogP contribution in [0.3, 0.4) is 0 Å². The lowest BCUT2D eigenvalue weighted by atomic mass is 9.99. The molecule has 0 spiro atoms. The molecule has 1 heterocycles. The first-order valence-corrected chi connectivity index (χ1v) is 5.94. The molecule has 1 aromatic heterocycles. The van der Waals surface area contributed by atoms with Crippen LogP contribution >= 0.6 is 0 Å². The SMILES string of the molecule is COC(C1CC1)C(Cc1cccnc1N)NN. The van der Waals surface area contributed by atoms with Gasteiger partial charge in [0, 0.05) is 13.3 Å². The fraction of sp³-hybridized carbons (Fsp3) is 0.583. The number of hydrogen-bond acceptors (Lipinski definition) is 5. The number of rotatable bonds is 6. The lowest BCUT2D eigenvalue weighted by Gasteiger charge is -2.25. The smallest absolute Gasteiger partial charge is 0.126 e. The topological polar surface area (TPSA) is 86.2 Å². The Morgan fingerprint density at radius 3 is 2.88 bits per heavy atom. The molecule has 2 unspecified atom stereocenters. The molecule has 0 amide bonds. The maximum absolute atomic E-state index is 5.84. The highest BCUT2D eigenvalue weighted by Gasteiger charge is 2.36. The van der Waals surface area contributed by atoms with Crippen LogP contribution in [-0.2, 0) is 11.2 Å². The van der Waals surface area contributed by atoms with Gasteiger partial charge in [0.25, 0.3) is 0 Å². The van der Waals surface area contributed by atoms with Crippen molar-refractivity contribution in [3.63, 3.8) is 0 Å². The second-order valence-corrected chi connectivity index (χ2v) is 4.56. The van der Waals surface area contributed by atoms with E-state index in [2.05, 4.69) is 10.4 Å². The Morgan fingerprint density at radius 2 is 2.35 bits per heavy atom. The molecule has 1 saturated carbocycles. The van der Waals surface area contributed by atoms with Gasteiger partial charge in [0.05, 0.1) is 12.1 Å². The third kappa shape index (κ3) is 2.94. The molecule has 2 atom stereocenters. The number of ether oxygens (including phenoxy) is 1. The number of anilines is 1. The van der Waals surface area contributed by atoms with Gasteiger partial charge in [0.1, 0.15) is 5.82 Å². The number of nitrogen functional groups attached to an aromatic ring is 1. The Balaban J connectivity index is 2.06. The van der Waals surface area contributed by atoms with Crippen molar-refractivity contribution in [2.75, 3.05) is 12.8 Å². The third-order valence-corrected chi connectivity index (χ3v) is 3.34. The Labute approximate surface area is 102 Å². The van der Waals surface area contributed by atoms with Crippen LogP contribution < -0.4 is 17.0 Å². The lowest BCUT2D eigenvalue weighted by molar-refractivity contribution is 0.0511. The molecule has 1 aliphatic carbocycles. The molecule has 1 aliphatic rings. The summed E-state index contributed by atoms with van der Waals surface area (Å²) in [6.45, 7) is 0. The summed E-state index contributed by atoms with van der Waals surface area (Å²) in [6.07, 6.45) is 5.03. The number of aromatic nitrogens is 1. The molecule has 5 nitrogen and oxygen atoms in total. The zero-order valence-electron chi connectivity index (χ0n) is 10.1. The monoisotopic (exact) mass is 236 g/mol. The van der Waals surface area contributed by atoms with Crippen molar-refractivity contribution in [1.29, 1.82) is 0 Å². The standard InChI is InChI=1S/C12H20N4O/c1-17-11(8-4-5-8)10(16-14)7-9-3-2-6-15-12(9)13/h2-3,6,8,10-11,16H,4-5,7,14H2,1H3,(H2,13,15). The minimum atomic E-state index is 0.0824. The summed E-state index contributed by atoms with van der Waals surface area (Å²) in [7, 11) is 1.74. The average molecular weight is 236 g/mol. The minimum absolute atomic E-state index is 0.0824. The first-order valence-electron chi connectivity index (χ1n) is 5.94. The van der Waals surface area contributed by atoms with Crippen LogP contribution in [0, 0.1) is 5.92 Å². The van der Waals surface area contributed by atoms with Gasteiger partial charge < -0.3 is 10.5 Å². The molecule has 5 heteroatoms. The lowest BCUT2D eigenvalue weighted by Crippen LogP contribution is -2.47. The summed E-state index contributed by atoms with van der Waals surface area (Å²) >= 11 is 0. The quantitative estimate of drug-likeness (QED) is 0.493. The van der Waals surface area contributed by atoms with Crippen LogP contribution in [0.5, 0.6) is 0 Å². The van der Waals surface area contributed by atoms with E-state index >= 15 is 0 Å². The van der Waals surface area contributed by atoms with E-state index in [9.17, 15) is 0 Å². The minimum Gasteiger partial charge on any atom is -0.383 e. The van der Waals surface area contributed by atoms with Crippen molar-refractivity contribution in [3.8, 4) is 0 Å². The molecular formula is C12H20N4O. The molecule has 5 N–H and O–H groups in total. The van der Waals surface area contributed by atoms with E-state index in [-0.39, 0.29) is 12.1 Å². The van der Waals surface area contributed by atoms with Gasteiger partial charge in [-0.3, -0.25) is 11.3 Å². The van der Waals surface area contributed by atoms with Crippen LogP contribution in [0.2, 0.25) is 0 Å². The Hall–Kier alpha value is -1.17. The van der Waals surface area contributed by atoms with E-state index < -0.39 is 0 Å². The molecule has 0 saturated heterocycles. The maximum Gasteiger partial charge on any atom is 0.126 e. The summed E-state index contributed by atoms with van der Waals surface area (Å²) in [5.74, 6) is 6.81. The molecule has 17 heavy (non-hydrogen) atoms. The van der Waals surface area contributed by atoms with E-state index in [1.54, 1.807) is 13.3 Å². The van der Waals surface area contributed by atoms with Gasteiger partial charge in [-0.1, -0.05) is 6.07 Å². The molecule has 1 fully saturated rings. The number of methoxy groups -OCH3 is 1. The fourth-order valence-corrected chi connectivity index (χ4v) is 2.24. The summed E-state index contributed by atoms with van der Waals surface area (Å²) in [6, 6.07) is 3.95. The van der Waals surface area contributed by atoms with Crippen LogP contribution in [0.25, 0.3) is 0 Å². The summed E-state index contributed by atoms with van der Waals surface area (Å²) in [4.78, 5) is 4.08. The first kappa shape index (κ1) is 12.3. The van der Waals surface area contributed by atoms with E-state index in [0.29, 0.717) is 11.7 Å². The molecule has 0 radical (unpaired) electrons. The summed E-state index contributed by atoms with van der Waals surface area (Å²) in [5.41, 5.74) is 9.69. The predicted molar refractivity (Wildman–Crippen MR) is 67.0 cm³/mol. The second kappa shape index (κ2) is 5.44. The highest BCUT2D eigenvalue weighted by molar-refractivity contribution is 5.39. The number of nitrogens with one attached hydrogen (secondary N) is 1. The predicted octanol–water partition coefficient (Wildman–Crippen LogP) is 0.463. The van der Waals surface area contributed by atoms with E-state index in [4.69, 9.17) is 16.3 Å².